The predicted molar refractivity (Wildman–Crippen MR) is 100 cm³/mol. The Morgan fingerprint density at radius 3 is 2.37 bits per heavy atom. The highest BCUT2D eigenvalue weighted by molar-refractivity contribution is 7.46. The number of phosphoric ester groups is 1. The first kappa shape index (κ1) is 25.7. The van der Waals surface area contributed by atoms with Gasteiger partial charge < -0.3 is 26.2 Å². The summed E-state index contributed by atoms with van der Waals surface area (Å²) in [5.41, 5.74) is 0. The summed E-state index contributed by atoms with van der Waals surface area (Å²) < 4.78 is 25.2. The molecule has 0 radical (unpaired) electrons. The Morgan fingerprint density at radius 1 is 1.07 bits per heavy atom. The second-order valence-electron chi connectivity index (χ2n) is 5.96. The minimum Gasteiger partial charge on any atom is -0.462 e. The summed E-state index contributed by atoms with van der Waals surface area (Å²) in [6.45, 7) is 6.25. The average molecular weight is 406 g/mol. The molecule has 0 aliphatic rings. The van der Waals surface area contributed by atoms with Crippen molar-refractivity contribution in [2.75, 3.05) is 13.2 Å². The van der Waals surface area contributed by atoms with Crippen LogP contribution in [-0.2, 0) is 28.2 Å². The van der Waals surface area contributed by atoms with E-state index in [1.165, 1.54) is 0 Å². The number of ether oxygens (including phenoxy) is 2. The lowest BCUT2D eigenvalue weighted by Gasteiger charge is -2.18. The molecule has 0 aromatic carbocycles. The third-order valence-corrected chi connectivity index (χ3v) is 3.94. The molecule has 0 aromatic rings. The van der Waals surface area contributed by atoms with E-state index in [0.717, 1.165) is 32.1 Å². The molecule has 0 aromatic heterocycles. The van der Waals surface area contributed by atoms with Gasteiger partial charge in [-0.2, -0.15) is 6.42 Å². The van der Waals surface area contributed by atoms with Crippen LogP contribution in [0.1, 0.15) is 57.8 Å². The van der Waals surface area contributed by atoms with E-state index in [1.807, 2.05) is 6.42 Å². The molecular formula is C18H31O8P-2. The molecule has 27 heavy (non-hydrogen) atoms. The van der Waals surface area contributed by atoms with Crippen LogP contribution in [0.25, 0.3) is 0 Å². The molecule has 158 valence electrons. The summed E-state index contributed by atoms with van der Waals surface area (Å²) in [6.07, 6.45) is 9.04. The Kier molecular flexibility index (Phi) is 14.9. The summed E-state index contributed by atoms with van der Waals surface area (Å²) in [6, 6.07) is 0. The van der Waals surface area contributed by atoms with Gasteiger partial charge >= 0.3 is 19.8 Å². The van der Waals surface area contributed by atoms with Crippen molar-refractivity contribution in [2.45, 2.75) is 63.9 Å². The topological polar surface area (TPSA) is 119 Å². The van der Waals surface area contributed by atoms with Gasteiger partial charge in [0, 0.05) is 12.8 Å². The molecule has 0 amide bonds. The van der Waals surface area contributed by atoms with Crippen LogP contribution in [0.5, 0.6) is 0 Å². The number of hydrogen-bond donors (Lipinski definition) is 2. The monoisotopic (exact) mass is 406 g/mol. The predicted octanol–water partition coefficient (Wildman–Crippen LogP) is 3.29. The lowest BCUT2D eigenvalue weighted by atomic mass is 10.1. The Balaban J connectivity index is 4.14. The van der Waals surface area contributed by atoms with E-state index < -0.39 is 32.5 Å². The van der Waals surface area contributed by atoms with Gasteiger partial charge in [0.15, 0.2) is 6.10 Å². The van der Waals surface area contributed by atoms with Gasteiger partial charge in [-0.1, -0.05) is 25.7 Å². The molecule has 2 N–H and O–H groups in total. The fourth-order valence-corrected chi connectivity index (χ4v) is 2.48. The van der Waals surface area contributed by atoms with E-state index in [0.29, 0.717) is 12.8 Å². The maximum absolute atomic E-state index is 11.9. The summed E-state index contributed by atoms with van der Waals surface area (Å²) in [5.74, 6) is -1.06. The number of unbranched alkanes of at least 4 members (excludes halogenated alkanes) is 6. The number of phosphoric acid groups is 1. The fourth-order valence-electron chi connectivity index (χ4n) is 2.12. The van der Waals surface area contributed by atoms with Crippen LogP contribution in [0, 0.1) is 13.3 Å². The van der Waals surface area contributed by atoms with Crippen molar-refractivity contribution >= 4 is 19.8 Å². The maximum atomic E-state index is 11.9. The van der Waals surface area contributed by atoms with Crippen LogP contribution in [0.2, 0.25) is 0 Å². The first-order chi connectivity index (χ1) is 12.8. The van der Waals surface area contributed by atoms with Crippen molar-refractivity contribution in [3.05, 3.63) is 26.0 Å². The third-order valence-electron chi connectivity index (χ3n) is 3.46. The Bertz CT molecular complexity index is 474. The molecule has 0 aliphatic heterocycles. The summed E-state index contributed by atoms with van der Waals surface area (Å²) in [5, 5.41) is 0. The normalized spacial score (nSPS) is 12.3. The van der Waals surface area contributed by atoms with E-state index in [1.54, 1.807) is 6.08 Å². The van der Waals surface area contributed by atoms with Crippen molar-refractivity contribution in [3.8, 4) is 0 Å². The molecule has 0 heterocycles. The van der Waals surface area contributed by atoms with Crippen LogP contribution < -0.4 is 0 Å². The van der Waals surface area contributed by atoms with Gasteiger partial charge in [0.25, 0.3) is 0 Å². The van der Waals surface area contributed by atoms with E-state index in [4.69, 9.17) is 19.3 Å². The van der Waals surface area contributed by atoms with Crippen molar-refractivity contribution in [1.29, 1.82) is 0 Å². The van der Waals surface area contributed by atoms with Crippen LogP contribution >= 0.6 is 7.82 Å². The molecular weight excluding hydrogens is 375 g/mol. The minimum absolute atomic E-state index is 0.102. The van der Waals surface area contributed by atoms with Gasteiger partial charge in [-0.05, 0) is 6.42 Å². The molecule has 9 heteroatoms. The summed E-state index contributed by atoms with van der Waals surface area (Å²) in [7, 11) is -4.72. The van der Waals surface area contributed by atoms with E-state index in [9.17, 15) is 14.2 Å². The highest BCUT2D eigenvalue weighted by Crippen LogP contribution is 2.35. The molecule has 0 aliphatic carbocycles. The highest BCUT2D eigenvalue weighted by Gasteiger charge is 2.22. The first-order valence-corrected chi connectivity index (χ1v) is 10.6. The van der Waals surface area contributed by atoms with Crippen molar-refractivity contribution in [3.63, 3.8) is 0 Å². The van der Waals surface area contributed by atoms with Gasteiger partial charge in [0.05, 0.1) is 6.61 Å². The molecule has 0 fully saturated rings. The number of carbonyl (C=O) groups excluding carboxylic acids is 2. The number of esters is 2. The average Bonchev–Trinajstić information content (AvgIpc) is 2.59. The van der Waals surface area contributed by atoms with Crippen LogP contribution in [0.15, 0.2) is 12.7 Å². The number of carbonyl (C=O) groups is 2. The van der Waals surface area contributed by atoms with Crippen LogP contribution in [0.4, 0.5) is 0 Å². The van der Waals surface area contributed by atoms with E-state index >= 15 is 0 Å². The number of allylic oxidation sites excluding steroid dienone is 1. The van der Waals surface area contributed by atoms with E-state index in [-0.39, 0.29) is 19.4 Å². The second-order valence-corrected chi connectivity index (χ2v) is 7.20. The number of hydrogen-bond acceptors (Lipinski definition) is 6. The van der Waals surface area contributed by atoms with E-state index in [2.05, 4.69) is 18.0 Å². The minimum atomic E-state index is -4.72. The zero-order chi connectivity index (χ0) is 20.5. The van der Waals surface area contributed by atoms with Gasteiger partial charge in [0.1, 0.15) is 6.61 Å². The quantitative estimate of drug-likeness (QED) is 0.163. The number of rotatable bonds is 17. The van der Waals surface area contributed by atoms with Gasteiger partial charge in [0.2, 0.25) is 0 Å². The van der Waals surface area contributed by atoms with Crippen LogP contribution in [0.3, 0.4) is 0 Å². The zero-order valence-electron chi connectivity index (χ0n) is 15.7. The summed E-state index contributed by atoms with van der Waals surface area (Å²) >= 11 is 0. The highest BCUT2D eigenvalue weighted by atomic mass is 31.2. The molecule has 0 saturated heterocycles. The van der Waals surface area contributed by atoms with Crippen molar-refractivity contribution < 1.29 is 37.9 Å². The zero-order valence-corrected chi connectivity index (χ0v) is 16.6. The third kappa shape index (κ3) is 17.8. The molecule has 0 saturated carbocycles. The maximum Gasteiger partial charge on any atom is 0.469 e. The fraction of sp³-hybridized carbons (Fsp3) is 0.667. The smallest absolute Gasteiger partial charge is 0.462 e. The molecule has 1 atom stereocenters. The van der Waals surface area contributed by atoms with Crippen LogP contribution in [-0.4, -0.2) is 41.0 Å². The lowest BCUT2D eigenvalue weighted by molar-refractivity contribution is -0.161. The molecule has 0 bridgehead atoms. The molecule has 0 unspecified atom stereocenters. The Morgan fingerprint density at radius 2 is 1.74 bits per heavy atom. The summed E-state index contributed by atoms with van der Waals surface area (Å²) in [4.78, 5) is 40.8. The molecule has 8 nitrogen and oxygen atoms in total. The lowest BCUT2D eigenvalue weighted by Crippen LogP contribution is -2.29. The SMILES string of the molecule is C=C[CH-]CCCCCCCC(=O)O[C@H](COC(=O)CC[CH2-])COP(=O)(O)O. The molecule has 0 rings (SSSR count). The van der Waals surface area contributed by atoms with Gasteiger partial charge in [-0.15, -0.1) is 6.42 Å². The first-order valence-electron chi connectivity index (χ1n) is 9.07. The second kappa shape index (κ2) is 15.7. The molecule has 0 spiro atoms. The Hall–Kier alpha value is -1.34. The van der Waals surface area contributed by atoms with Crippen molar-refractivity contribution in [1.82, 2.24) is 0 Å². The Labute approximate surface area is 161 Å². The van der Waals surface area contributed by atoms with Crippen molar-refractivity contribution in [2.24, 2.45) is 0 Å². The largest absolute Gasteiger partial charge is 0.469 e. The van der Waals surface area contributed by atoms with Gasteiger partial charge in [-0.25, -0.2) is 23.6 Å². The standard InChI is InChI=1S/C18H31O8P/c1-3-5-6-7-8-9-10-11-13-18(20)26-16(15-25-27(21,22)23)14-24-17(19)12-4-2/h3,5,16H,1-2,4,6-15H2,(H2,21,22,23)/q-2/t16-/m1/s1. The van der Waals surface area contributed by atoms with Gasteiger partial charge in [-0.3, -0.25) is 14.1 Å².